The van der Waals surface area contributed by atoms with Crippen LogP contribution in [0, 0.1) is 23.7 Å². The SMILES string of the molecule is C#Cc1ccc(C(C(=O)Nc2ccc3ccccc3c2)N(CC#N)C(=O)C(CC(N)=O)NC(=O)OC(C)(C)C)cc1. The topological polar surface area (TPSA) is 155 Å². The standard InChI is InChI=1S/C31H31N5O5/c1-5-20-10-12-22(13-11-20)27(28(38)34-24-15-14-21-8-6-7-9-23(21)18-24)36(17-16-32)29(39)25(19-26(33)37)35-30(40)41-31(2,3)4/h1,6-15,18,25,27H,17,19H2,2-4H3,(H2,33,37)(H,34,38)(H,35,40). The number of anilines is 1. The molecule has 0 aliphatic rings. The van der Waals surface area contributed by atoms with Crippen LogP contribution in [-0.2, 0) is 19.1 Å². The number of nitrogens with two attached hydrogens (primary N) is 1. The Balaban J connectivity index is 2.03. The fourth-order valence-corrected chi connectivity index (χ4v) is 4.14. The van der Waals surface area contributed by atoms with Gasteiger partial charge in [-0.2, -0.15) is 5.26 Å². The third-order valence-corrected chi connectivity index (χ3v) is 5.89. The van der Waals surface area contributed by atoms with E-state index < -0.39 is 54.5 Å². The monoisotopic (exact) mass is 553 g/mol. The number of rotatable bonds is 9. The van der Waals surface area contributed by atoms with Crippen molar-refractivity contribution in [3.63, 3.8) is 0 Å². The van der Waals surface area contributed by atoms with E-state index in [2.05, 4.69) is 16.6 Å². The number of primary amides is 1. The summed E-state index contributed by atoms with van der Waals surface area (Å²) in [5.41, 5.74) is 5.83. The molecule has 0 radical (unpaired) electrons. The molecule has 4 amide bonds. The molecule has 4 N–H and O–H groups in total. The number of hydrogen-bond donors (Lipinski definition) is 3. The van der Waals surface area contributed by atoms with Crippen LogP contribution in [0.15, 0.2) is 66.7 Å². The molecule has 0 saturated carbocycles. The minimum absolute atomic E-state index is 0.348. The largest absolute Gasteiger partial charge is 0.444 e. The first kappa shape index (κ1) is 30.2. The minimum atomic E-state index is -1.50. The van der Waals surface area contributed by atoms with E-state index in [1.165, 1.54) is 0 Å². The lowest BCUT2D eigenvalue weighted by Crippen LogP contribution is -2.53. The van der Waals surface area contributed by atoms with Gasteiger partial charge in [0.15, 0.2) is 0 Å². The number of terminal acetylenes is 1. The second-order valence-electron chi connectivity index (χ2n) is 10.2. The van der Waals surface area contributed by atoms with Crippen LogP contribution in [-0.4, -0.2) is 46.9 Å². The third-order valence-electron chi connectivity index (χ3n) is 5.89. The van der Waals surface area contributed by atoms with Crippen LogP contribution in [0.4, 0.5) is 10.5 Å². The van der Waals surface area contributed by atoms with Crippen LogP contribution >= 0.6 is 0 Å². The first-order chi connectivity index (χ1) is 19.4. The van der Waals surface area contributed by atoms with Crippen molar-refractivity contribution < 1.29 is 23.9 Å². The lowest BCUT2D eigenvalue weighted by atomic mass is 10.0. The highest BCUT2D eigenvalue weighted by Crippen LogP contribution is 2.26. The van der Waals surface area contributed by atoms with E-state index in [0.29, 0.717) is 16.8 Å². The summed E-state index contributed by atoms with van der Waals surface area (Å²) < 4.78 is 5.24. The minimum Gasteiger partial charge on any atom is -0.444 e. The van der Waals surface area contributed by atoms with E-state index in [9.17, 15) is 24.4 Å². The zero-order chi connectivity index (χ0) is 30.2. The molecule has 0 aliphatic heterocycles. The van der Waals surface area contributed by atoms with Crippen LogP contribution in [0.25, 0.3) is 10.8 Å². The van der Waals surface area contributed by atoms with Crippen molar-refractivity contribution in [3.05, 3.63) is 77.9 Å². The first-order valence-corrected chi connectivity index (χ1v) is 12.7. The van der Waals surface area contributed by atoms with E-state index >= 15 is 0 Å². The number of amides is 4. The first-order valence-electron chi connectivity index (χ1n) is 12.7. The van der Waals surface area contributed by atoms with E-state index in [-0.39, 0.29) is 0 Å². The van der Waals surface area contributed by atoms with Gasteiger partial charge in [-0.15, -0.1) is 6.42 Å². The summed E-state index contributed by atoms with van der Waals surface area (Å²) in [5.74, 6) is 0.0967. The maximum atomic E-state index is 13.8. The van der Waals surface area contributed by atoms with E-state index in [0.717, 1.165) is 15.7 Å². The summed E-state index contributed by atoms with van der Waals surface area (Å²) in [6.07, 6.45) is 3.93. The molecule has 0 spiro atoms. The Bertz CT molecular complexity index is 1530. The number of alkyl carbamates (subject to hydrolysis) is 1. The quantitative estimate of drug-likeness (QED) is 0.272. The fraction of sp³-hybridized carbons (Fsp3) is 0.258. The Morgan fingerprint density at radius 2 is 1.68 bits per heavy atom. The molecule has 3 aromatic carbocycles. The summed E-state index contributed by atoms with van der Waals surface area (Å²) >= 11 is 0. The highest BCUT2D eigenvalue weighted by molar-refractivity contribution is 6.01. The third kappa shape index (κ3) is 8.32. The summed E-state index contributed by atoms with van der Waals surface area (Å²) in [7, 11) is 0. The number of hydrogen-bond acceptors (Lipinski definition) is 6. The molecule has 3 rings (SSSR count). The molecule has 0 fully saturated rings. The molecule has 10 heteroatoms. The van der Waals surface area contributed by atoms with Gasteiger partial charge in [0, 0.05) is 11.3 Å². The van der Waals surface area contributed by atoms with E-state index in [1.807, 2.05) is 36.4 Å². The van der Waals surface area contributed by atoms with Crippen molar-refractivity contribution >= 4 is 40.3 Å². The molecule has 0 bridgehead atoms. The van der Waals surface area contributed by atoms with Crippen molar-refractivity contribution in [2.45, 2.75) is 44.9 Å². The average Bonchev–Trinajstić information content (AvgIpc) is 2.91. The van der Waals surface area contributed by atoms with Crippen LogP contribution < -0.4 is 16.4 Å². The van der Waals surface area contributed by atoms with Crippen molar-refractivity contribution in [2.24, 2.45) is 5.73 Å². The molecule has 3 aromatic rings. The molecule has 2 unspecified atom stereocenters. The van der Waals surface area contributed by atoms with Crippen molar-refractivity contribution in [1.82, 2.24) is 10.2 Å². The second-order valence-corrected chi connectivity index (χ2v) is 10.2. The second kappa shape index (κ2) is 13.1. The zero-order valence-corrected chi connectivity index (χ0v) is 23.0. The zero-order valence-electron chi connectivity index (χ0n) is 23.0. The van der Waals surface area contributed by atoms with Gasteiger partial charge in [-0.05, 0) is 61.4 Å². The van der Waals surface area contributed by atoms with Gasteiger partial charge in [0.2, 0.25) is 11.8 Å². The number of fused-ring (bicyclic) bond motifs is 1. The van der Waals surface area contributed by atoms with Crippen LogP contribution in [0.3, 0.4) is 0 Å². The number of carbonyl (C=O) groups excluding carboxylic acids is 4. The number of ether oxygens (including phenoxy) is 1. The molecule has 10 nitrogen and oxygen atoms in total. The van der Waals surface area contributed by atoms with Gasteiger partial charge in [-0.1, -0.05) is 48.4 Å². The van der Waals surface area contributed by atoms with Crippen molar-refractivity contribution in [3.8, 4) is 18.4 Å². The Labute approximate surface area is 238 Å². The van der Waals surface area contributed by atoms with Gasteiger partial charge in [0.1, 0.15) is 24.2 Å². The van der Waals surface area contributed by atoms with Crippen molar-refractivity contribution in [1.29, 1.82) is 5.26 Å². The number of benzene rings is 3. The molecule has 0 aliphatic carbocycles. The van der Waals surface area contributed by atoms with Crippen LogP contribution in [0.1, 0.15) is 44.4 Å². The molecule has 2 atom stereocenters. The van der Waals surface area contributed by atoms with E-state index in [4.69, 9.17) is 16.9 Å². The Kier molecular flexibility index (Phi) is 9.67. The van der Waals surface area contributed by atoms with Gasteiger partial charge < -0.3 is 26.0 Å². The smallest absolute Gasteiger partial charge is 0.408 e. The maximum Gasteiger partial charge on any atom is 0.408 e. The lowest BCUT2D eigenvalue weighted by Gasteiger charge is -2.32. The molecule has 0 heterocycles. The van der Waals surface area contributed by atoms with Crippen LogP contribution in [0.5, 0.6) is 0 Å². The van der Waals surface area contributed by atoms with Gasteiger partial charge >= 0.3 is 6.09 Å². The summed E-state index contributed by atoms with van der Waals surface area (Å²) in [5, 5.41) is 16.7. The molecule has 0 saturated heterocycles. The van der Waals surface area contributed by atoms with Gasteiger partial charge in [-0.25, -0.2) is 4.79 Å². The summed E-state index contributed by atoms with van der Waals surface area (Å²) in [6, 6.07) is 18.3. The maximum absolute atomic E-state index is 13.8. The van der Waals surface area contributed by atoms with Gasteiger partial charge in [0.25, 0.3) is 5.91 Å². The lowest BCUT2D eigenvalue weighted by molar-refractivity contribution is -0.141. The van der Waals surface area contributed by atoms with Crippen molar-refractivity contribution in [2.75, 3.05) is 11.9 Å². The number of nitrogens with zero attached hydrogens (tertiary/aromatic N) is 2. The normalized spacial score (nSPS) is 12.2. The summed E-state index contributed by atoms with van der Waals surface area (Å²) in [6.45, 7) is 4.35. The van der Waals surface area contributed by atoms with Gasteiger partial charge in [0.05, 0.1) is 12.5 Å². The highest BCUT2D eigenvalue weighted by Gasteiger charge is 2.37. The summed E-state index contributed by atoms with van der Waals surface area (Å²) in [4.78, 5) is 53.0. The predicted octanol–water partition coefficient (Wildman–Crippen LogP) is 3.62. The number of carbonyl (C=O) groups is 4. The van der Waals surface area contributed by atoms with E-state index in [1.54, 1.807) is 57.2 Å². The number of nitriles is 1. The molecule has 41 heavy (non-hydrogen) atoms. The molecular formula is C31H31N5O5. The van der Waals surface area contributed by atoms with Gasteiger partial charge in [-0.3, -0.25) is 14.4 Å². The average molecular weight is 554 g/mol. The molecular weight excluding hydrogens is 522 g/mol. The predicted molar refractivity (Wildman–Crippen MR) is 154 cm³/mol. The molecule has 0 aromatic heterocycles. The fourth-order valence-electron chi connectivity index (χ4n) is 4.14. The Morgan fingerprint density at radius 3 is 2.27 bits per heavy atom. The molecule has 210 valence electrons. The van der Waals surface area contributed by atoms with Crippen LogP contribution in [0.2, 0.25) is 0 Å². The number of nitrogens with one attached hydrogen (secondary N) is 2. The highest BCUT2D eigenvalue weighted by atomic mass is 16.6. The Hall–Kier alpha value is -5.35. The Morgan fingerprint density at radius 1 is 1.02 bits per heavy atom.